The van der Waals surface area contributed by atoms with Gasteiger partial charge in [0.1, 0.15) is 5.65 Å². The van der Waals surface area contributed by atoms with Gasteiger partial charge < -0.3 is 8.97 Å². The van der Waals surface area contributed by atoms with Crippen LogP contribution in [0.25, 0.3) is 137 Å². The van der Waals surface area contributed by atoms with Crippen LogP contribution >= 0.6 is 0 Å². The van der Waals surface area contributed by atoms with Gasteiger partial charge in [-0.2, -0.15) is 0 Å². The maximum Gasteiger partial charge on any atom is 0.146 e. The topological polar surface area (TPSA) is 26.6 Å². The first-order valence-corrected chi connectivity index (χ1v) is 23.7. The molecule has 6 aromatic heterocycles. The molecule has 0 bridgehead atoms. The Kier molecular flexibility index (Phi) is 6.94. The highest BCUT2D eigenvalue weighted by molar-refractivity contribution is 6.32. The zero-order valence-electron chi connectivity index (χ0n) is 38.5. The second-order valence-corrected chi connectivity index (χ2v) is 21.2. The molecule has 4 nitrogen and oxygen atoms in total. The molecule has 15 rings (SSSR count). The number of nitrogens with zero attached hydrogens (tertiary/aromatic N) is 4. The third-order valence-corrected chi connectivity index (χ3v) is 15.3. The Bertz CT molecular complexity index is 4620. The maximum atomic E-state index is 5.92. The summed E-state index contributed by atoms with van der Waals surface area (Å²) in [6, 6.07) is 64.1. The quantitative estimate of drug-likeness (QED) is 0.170. The van der Waals surface area contributed by atoms with Crippen LogP contribution in [-0.4, -0.2) is 18.4 Å². The van der Waals surface area contributed by atoms with Crippen molar-refractivity contribution < 1.29 is 0 Å². The molecule has 9 aromatic carbocycles. The second kappa shape index (κ2) is 12.5. The molecule has 0 amide bonds. The van der Waals surface area contributed by atoms with Gasteiger partial charge in [-0.15, -0.1) is 0 Å². The molecule has 4 heteroatoms. The van der Waals surface area contributed by atoms with E-state index in [0.717, 1.165) is 22.4 Å². The first-order valence-electron chi connectivity index (χ1n) is 23.7. The van der Waals surface area contributed by atoms with E-state index in [2.05, 4.69) is 225 Å². The Morgan fingerprint density at radius 1 is 0.373 bits per heavy atom. The summed E-state index contributed by atoms with van der Waals surface area (Å²) in [6.07, 6.45) is 0. The summed E-state index contributed by atoms with van der Waals surface area (Å²) in [5, 5.41) is 16.3. The van der Waals surface area contributed by atoms with Gasteiger partial charge in [0, 0.05) is 59.7 Å². The van der Waals surface area contributed by atoms with E-state index in [1.54, 1.807) is 0 Å². The molecule has 0 N–H and O–H groups in total. The van der Waals surface area contributed by atoms with Gasteiger partial charge in [-0.25, -0.2) is 4.98 Å². The van der Waals surface area contributed by atoms with Crippen LogP contribution < -0.4 is 0 Å². The van der Waals surface area contributed by atoms with Crippen molar-refractivity contribution in [2.45, 2.75) is 52.4 Å². The van der Waals surface area contributed by atoms with Crippen molar-refractivity contribution in [3.8, 4) is 16.8 Å². The average molecular weight is 859 g/mol. The van der Waals surface area contributed by atoms with Crippen molar-refractivity contribution in [2.24, 2.45) is 0 Å². The van der Waals surface area contributed by atoms with E-state index in [9.17, 15) is 0 Å². The standard InChI is InChI=1S/C63H46N4/c1-62(2,3)39-30-47-46-26-35-16-10-11-17-36(35)29-54(46)67-58(47)48(31-39)49-34-55-57(64-61(49)67)51-33-40(63(4,5)6)32-50-56-42-21-13-12-18-37(42)27-44(60(56)66(55)59(50)51)38-24-25-53-45(28-38)43-22-14-15-23-52(43)65(53)41-19-8-7-9-20-41/h7-34H,1-6H3. The van der Waals surface area contributed by atoms with Crippen LogP contribution in [0.5, 0.6) is 0 Å². The molecule has 0 aliphatic carbocycles. The third kappa shape index (κ3) is 4.84. The number of para-hydroxylation sites is 2. The highest BCUT2D eigenvalue weighted by Gasteiger charge is 2.29. The minimum absolute atomic E-state index is 0.0459. The van der Waals surface area contributed by atoms with Crippen molar-refractivity contribution >= 4 is 120 Å². The van der Waals surface area contributed by atoms with Gasteiger partial charge in [-0.1, -0.05) is 133 Å². The molecule has 0 saturated heterocycles. The summed E-state index contributed by atoms with van der Waals surface area (Å²) in [5.41, 5.74) is 16.7. The van der Waals surface area contributed by atoms with E-state index in [0.29, 0.717) is 0 Å². The zero-order valence-corrected chi connectivity index (χ0v) is 38.5. The fraction of sp³-hybridized carbons (Fsp3) is 0.127. The largest absolute Gasteiger partial charge is 0.309 e. The molecule has 0 aliphatic rings. The molecule has 0 atom stereocenters. The van der Waals surface area contributed by atoms with Gasteiger partial charge in [-0.05, 0) is 128 Å². The van der Waals surface area contributed by atoms with Crippen molar-refractivity contribution in [3.63, 3.8) is 0 Å². The number of fused-ring (bicyclic) bond motifs is 18. The van der Waals surface area contributed by atoms with Gasteiger partial charge in [0.25, 0.3) is 0 Å². The van der Waals surface area contributed by atoms with Crippen LogP contribution in [0, 0.1) is 0 Å². The number of benzene rings is 9. The molecule has 67 heavy (non-hydrogen) atoms. The molecule has 6 heterocycles. The Labute approximate surface area is 386 Å². The number of hydrogen-bond acceptors (Lipinski definition) is 1. The summed E-state index contributed by atoms with van der Waals surface area (Å²) in [4.78, 5) is 5.92. The first-order chi connectivity index (χ1) is 32.5. The predicted octanol–water partition coefficient (Wildman–Crippen LogP) is 17.0. The SMILES string of the molecule is CC(C)(C)c1cc2c3cc4ccccc4cc3n3c4nc5c6cc(C(C)(C)C)cc7c8c9ccccc9cc(-c9ccc%10c(c9)c9ccccc9n%10-c9ccccc9)c8n(c5cc4c(c1)c23)c67. The number of hydrogen-bond donors (Lipinski definition) is 0. The van der Waals surface area contributed by atoms with E-state index in [-0.39, 0.29) is 10.8 Å². The molecular formula is C63H46N4. The normalized spacial score (nSPS) is 13.2. The van der Waals surface area contributed by atoms with Crippen molar-refractivity contribution in [3.05, 3.63) is 181 Å². The minimum atomic E-state index is -0.0898. The summed E-state index contributed by atoms with van der Waals surface area (Å²) >= 11 is 0. The van der Waals surface area contributed by atoms with Crippen LogP contribution in [0.2, 0.25) is 0 Å². The van der Waals surface area contributed by atoms with Crippen LogP contribution in [0.1, 0.15) is 52.7 Å². The Morgan fingerprint density at radius 3 is 1.73 bits per heavy atom. The van der Waals surface area contributed by atoms with Gasteiger partial charge in [0.05, 0.1) is 44.1 Å². The molecule has 15 aromatic rings. The van der Waals surface area contributed by atoms with Crippen LogP contribution in [0.4, 0.5) is 0 Å². The molecule has 0 unspecified atom stereocenters. The third-order valence-electron chi connectivity index (χ3n) is 15.3. The van der Waals surface area contributed by atoms with Gasteiger partial charge >= 0.3 is 0 Å². The summed E-state index contributed by atoms with van der Waals surface area (Å²) in [7, 11) is 0. The van der Waals surface area contributed by atoms with Crippen molar-refractivity contribution in [2.75, 3.05) is 0 Å². The van der Waals surface area contributed by atoms with Crippen LogP contribution in [-0.2, 0) is 10.8 Å². The Balaban J connectivity index is 1.13. The molecule has 318 valence electrons. The molecular weight excluding hydrogens is 813 g/mol. The molecule has 0 saturated carbocycles. The van der Waals surface area contributed by atoms with E-state index in [1.165, 1.54) is 125 Å². The van der Waals surface area contributed by atoms with Crippen molar-refractivity contribution in [1.82, 2.24) is 18.4 Å². The highest BCUT2D eigenvalue weighted by Crippen LogP contribution is 2.50. The van der Waals surface area contributed by atoms with Gasteiger partial charge in [-0.3, -0.25) is 4.40 Å². The smallest absolute Gasteiger partial charge is 0.146 e. The maximum absolute atomic E-state index is 5.92. The molecule has 0 spiro atoms. The zero-order chi connectivity index (χ0) is 44.8. The first kappa shape index (κ1) is 37.3. The fourth-order valence-corrected chi connectivity index (χ4v) is 12.0. The Hall–Kier alpha value is -7.95. The lowest BCUT2D eigenvalue weighted by Gasteiger charge is -2.19. The van der Waals surface area contributed by atoms with Gasteiger partial charge in [0.2, 0.25) is 0 Å². The monoisotopic (exact) mass is 858 g/mol. The molecule has 0 radical (unpaired) electrons. The summed E-state index contributed by atoms with van der Waals surface area (Å²) in [6.45, 7) is 14.0. The van der Waals surface area contributed by atoms with E-state index >= 15 is 0 Å². The van der Waals surface area contributed by atoms with Crippen LogP contribution in [0.3, 0.4) is 0 Å². The lowest BCUT2D eigenvalue weighted by molar-refractivity contribution is 0.591. The Morgan fingerprint density at radius 2 is 0.970 bits per heavy atom. The average Bonchev–Trinajstić information content (AvgIpc) is 4.12. The van der Waals surface area contributed by atoms with E-state index in [1.807, 2.05) is 0 Å². The summed E-state index contributed by atoms with van der Waals surface area (Å²) < 4.78 is 7.48. The van der Waals surface area contributed by atoms with E-state index in [4.69, 9.17) is 4.98 Å². The minimum Gasteiger partial charge on any atom is -0.309 e. The fourth-order valence-electron chi connectivity index (χ4n) is 12.0. The van der Waals surface area contributed by atoms with Gasteiger partial charge in [0.15, 0.2) is 0 Å². The number of rotatable bonds is 2. The van der Waals surface area contributed by atoms with E-state index < -0.39 is 0 Å². The van der Waals surface area contributed by atoms with Crippen molar-refractivity contribution in [1.29, 1.82) is 0 Å². The second-order valence-electron chi connectivity index (χ2n) is 21.2. The molecule has 0 fully saturated rings. The molecule has 0 aliphatic heterocycles. The number of aromatic nitrogens is 4. The highest BCUT2D eigenvalue weighted by atomic mass is 15.0. The predicted molar refractivity (Wildman–Crippen MR) is 286 cm³/mol. The lowest BCUT2D eigenvalue weighted by Crippen LogP contribution is -2.10. The summed E-state index contributed by atoms with van der Waals surface area (Å²) in [5.74, 6) is 0. The van der Waals surface area contributed by atoms with Crippen LogP contribution in [0.15, 0.2) is 170 Å². The lowest BCUT2D eigenvalue weighted by atomic mass is 9.85. The number of pyridine rings is 1.